The van der Waals surface area contributed by atoms with Crippen LogP contribution in [0, 0.1) is 0 Å². The molecule has 1 heteroatoms. The molecule has 0 N–H and O–H groups in total. The lowest BCUT2D eigenvalue weighted by atomic mass is 9.89. The molecule has 26 heavy (non-hydrogen) atoms. The molecule has 0 aliphatic heterocycles. The van der Waals surface area contributed by atoms with E-state index < -0.39 is 0 Å². The first kappa shape index (κ1) is 16.8. The molecule has 4 aromatic carbocycles. The summed E-state index contributed by atoms with van der Waals surface area (Å²) in [6, 6.07) is 32.2. The Labute approximate surface area is 157 Å². The van der Waals surface area contributed by atoms with E-state index in [0.29, 0.717) is 0 Å². The Hall–Kier alpha value is -2.69. The highest BCUT2D eigenvalue weighted by Crippen LogP contribution is 2.36. The van der Waals surface area contributed by atoms with E-state index in [0.717, 1.165) is 0 Å². The second-order valence-corrected chi connectivity index (χ2v) is 7.16. The van der Waals surface area contributed by atoms with Crippen molar-refractivity contribution in [3.05, 3.63) is 102 Å². The monoisotopic (exact) mass is 352 g/mol. The average Bonchev–Trinajstić information content (AvgIpc) is 2.68. The second-order valence-electron chi connectivity index (χ2n) is 6.53. The molecule has 0 aliphatic rings. The highest BCUT2D eigenvalue weighted by atomic mass is 31.0. The maximum atomic E-state index is 2.88. The van der Waals surface area contributed by atoms with E-state index >= 15 is 0 Å². The molecule has 4 rings (SSSR count). The molecule has 1 atom stereocenters. The van der Waals surface area contributed by atoms with Crippen LogP contribution in [-0.4, -0.2) is 0 Å². The van der Waals surface area contributed by atoms with Gasteiger partial charge in [0.15, 0.2) is 0 Å². The van der Waals surface area contributed by atoms with Gasteiger partial charge < -0.3 is 0 Å². The standard InChI is InChI=1S/C25H21P/c1-18(17-19-9-3-2-4-10-19)21-16-15-20-11-5-6-12-22(20)25(21)23-13-7-8-14-24(23)26/h2-17H,26H2,1H3. The fraction of sp³-hybridized carbons (Fsp3) is 0.0400. The lowest BCUT2D eigenvalue weighted by molar-refractivity contribution is 1.58. The van der Waals surface area contributed by atoms with E-state index in [1.807, 2.05) is 0 Å². The summed E-state index contributed by atoms with van der Waals surface area (Å²) in [7, 11) is 2.88. The number of allylic oxidation sites excluding steroid dienone is 1. The van der Waals surface area contributed by atoms with Crippen molar-refractivity contribution in [2.75, 3.05) is 0 Å². The first-order valence-electron chi connectivity index (χ1n) is 8.84. The Morgan fingerprint density at radius 1 is 0.731 bits per heavy atom. The van der Waals surface area contributed by atoms with Crippen molar-refractivity contribution in [3.8, 4) is 11.1 Å². The molecule has 0 amide bonds. The number of fused-ring (bicyclic) bond motifs is 1. The van der Waals surface area contributed by atoms with Gasteiger partial charge in [0, 0.05) is 0 Å². The molecule has 126 valence electrons. The van der Waals surface area contributed by atoms with Crippen LogP contribution in [0.5, 0.6) is 0 Å². The summed E-state index contributed by atoms with van der Waals surface area (Å²) in [6.45, 7) is 2.20. The Bertz CT molecular complexity index is 1090. The van der Waals surface area contributed by atoms with Crippen LogP contribution in [0.3, 0.4) is 0 Å². The molecule has 4 aromatic rings. The van der Waals surface area contributed by atoms with Crippen molar-refractivity contribution in [1.29, 1.82) is 0 Å². The molecular formula is C25H21P. The van der Waals surface area contributed by atoms with Crippen LogP contribution < -0.4 is 5.30 Å². The maximum Gasteiger partial charge on any atom is -0.00239 e. The normalized spacial score (nSPS) is 11.7. The van der Waals surface area contributed by atoms with E-state index in [4.69, 9.17) is 0 Å². The van der Waals surface area contributed by atoms with Gasteiger partial charge in [-0.05, 0) is 50.8 Å². The van der Waals surface area contributed by atoms with Gasteiger partial charge in [-0.25, -0.2) is 0 Å². The van der Waals surface area contributed by atoms with Crippen LogP contribution in [0.15, 0.2) is 91.0 Å². The van der Waals surface area contributed by atoms with Crippen molar-refractivity contribution in [2.24, 2.45) is 0 Å². The van der Waals surface area contributed by atoms with Gasteiger partial charge in [0.05, 0.1) is 0 Å². The number of hydrogen-bond acceptors (Lipinski definition) is 0. The Morgan fingerprint density at radius 3 is 2.23 bits per heavy atom. The summed E-state index contributed by atoms with van der Waals surface area (Å²) in [5.74, 6) is 0. The molecule has 0 nitrogen and oxygen atoms in total. The van der Waals surface area contributed by atoms with Gasteiger partial charge in [-0.15, -0.1) is 9.24 Å². The third-order valence-corrected chi connectivity index (χ3v) is 5.27. The van der Waals surface area contributed by atoms with Crippen LogP contribution >= 0.6 is 9.24 Å². The van der Waals surface area contributed by atoms with Crippen molar-refractivity contribution in [3.63, 3.8) is 0 Å². The Kier molecular flexibility index (Phi) is 4.69. The molecule has 0 saturated heterocycles. The van der Waals surface area contributed by atoms with Gasteiger partial charge in [0.1, 0.15) is 0 Å². The van der Waals surface area contributed by atoms with Crippen LogP contribution in [0.1, 0.15) is 18.1 Å². The topological polar surface area (TPSA) is 0 Å². The SMILES string of the molecule is CC(=Cc1ccccc1)c1ccc2ccccc2c1-c1ccccc1P. The van der Waals surface area contributed by atoms with Gasteiger partial charge in [-0.1, -0.05) is 97.1 Å². The van der Waals surface area contributed by atoms with E-state index in [-0.39, 0.29) is 0 Å². The molecule has 0 aliphatic carbocycles. The Morgan fingerprint density at radius 2 is 1.42 bits per heavy atom. The molecule has 0 fully saturated rings. The van der Waals surface area contributed by atoms with Crippen molar-refractivity contribution in [2.45, 2.75) is 6.92 Å². The number of rotatable bonds is 3. The minimum Gasteiger partial charge on any atom is -0.105 e. The molecule has 0 spiro atoms. The van der Waals surface area contributed by atoms with E-state index in [9.17, 15) is 0 Å². The van der Waals surface area contributed by atoms with Crippen molar-refractivity contribution < 1.29 is 0 Å². The summed E-state index contributed by atoms with van der Waals surface area (Å²) in [6.07, 6.45) is 2.26. The summed E-state index contributed by atoms with van der Waals surface area (Å²) < 4.78 is 0. The zero-order chi connectivity index (χ0) is 17.9. The largest absolute Gasteiger partial charge is 0.105 e. The maximum absolute atomic E-state index is 2.88. The third-order valence-electron chi connectivity index (χ3n) is 4.77. The highest BCUT2D eigenvalue weighted by Gasteiger charge is 2.13. The average molecular weight is 352 g/mol. The molecule has 0 radical (unpaired) electrons. The van der Waals surface area contributed by atoms with Gasteiger partial charge in [0.2, 0.25) is 0 Å². The first-order chi connectivity index (χ1) is 12.7. The molecular weight excluding hydrogens is 331 g/mol. The number of benzene rings is 4. The fourth-order valence-electron chi connectivity index (χ4n) is 3.49. The zero-order valence-corrected chi connectivity index (χ0v) is 16.0. The van der Waals surface area contributed by atoms with Crippen LogP contribution in [0.4, 0.5) is 0 Å². The van der Waals surface area contributed by atoms with E-state index in [2.05, 4.69) is 113 Å². The summed E-state index contributed by atoms with van der Waals surface area (Å²) >= 11 is 0. The minimum atomic E-state index is 1.22. The van der Waals surface area contributed by atoms with Crippen LogP contribution in [-0.2, 0) is 0 Å². The smallest absolute Gasteiger partial charge is 0.00239 e. The summed E-state index contributed by atoms with van der Waals surface area (Å²) in [5, 5.41) is 3.78. The lowest BCUT2D eigenvalue weighted by Gasteiger charge is -2.16. The molecule has 0 aromatic heterocycles. The van der Waals surface area contributed by atoms with Crippen molar-refractivity contribution in [1.82, 2.24) is 0 Å². The second kappa shape index (κ2) is 7.28. The van der Waals surface area contributed by atoms with Crippen LogP contribution in [0.25, 0.3) is 33.5 Å². The molecule has 0 saturated carbocycles. The van der Waals surface area contributed by atoms with Gasteiger partial charge in [-0.3, -0.25) is 0 Å². The molecule has 0 bridgehead atoms. The Balaban J connectivity index is 2.00. The quantitative estimate of drug-likeness (QED) is 0.289. The predicted molar refractivity (Wildman–Crippen MR) is 119 cm³/mol. The third kappa shape index (κ3) is 3.21. The van der Waals surface area contributed by atoms with Crippen LogP contribution in [0.2, 0.25) is 0 Å². The zero-order valence-electron chi connectivity index (χ0n) is 14.8. The first-order valence-corrected chi connectivity index (χ1v) is 9.42. The molecule has 1 unspecified atom stereocenters. The fourth-order valence-corrected chi connectivity index (χ4v) is 3.84. The lowest BCUT2D eigenvalue weighted by Crippen LogP contribution is -1.99. The molecule has 0 heterocycles. The predicted octanol–water partition coefficient (Wildman–Crippen LogP) is 6.57. The minimum absolute atomic E-state index is 1.22. The highest BCUT2D eigenvalue weighted by molar-refractivity contribution is 7.28. The van der Waals surface area contributed by atoms with E-state index in [1.54, 1.807) is 0 Å². The van der Waals surface area contributed by atoms with Gasteiger partial charge >= 0.3 is 0 Å². The summed E-state index contributed by atoms with van der Waals surface area (Å²) in [4.78, 5) is 0. The van der Waals surface area contributed by atoms with Gasteiger partial charge in [0.25, 0.3) is 0 Å². The number of hydrogen-bond donors (Lipinski definition) is 0. The summed E-state index contributed by atoms with van der Waals surface area (Å²) in [5.41, 5.74) is 6.35. The van der Waals surface area contributed by atoms with Gasteiger partial charge in [-0.2, -0.15) is 0 Å². The van der Waals surface area contributed by atoms with Crippen molar-refractivity contribution >= 4 is 37.0 Å². The van der Waals surface area contributed by atoms with E-state index in [1.165, 1.54) is 43.9 Å².